The van der Waals surface area contributed by atoms with Crippen LogP contribution in [0.25, 0.3) is 0 Å². The average Bonchev–Trinajstić information content (AvgIpc) is 2.34. The highest BCUT2D eigenvalue weighted by atomic mass is 16.6. The van der Waals surface area contributed by atoms with Gasteiger partial charge in [0, 0.05) is 6.42 Å². The number of hydrogen-bond acceptors (Lipinski definition) is 6. The van der Waals surface area contributed by atoms with Gasteiger partial charge in [0.2, 0.25) is 0 Å². The van der Waals surface area contributed by atoms with Gasteiger partial charge in [0.25, 0.3) is 0 Å². The average molecular weight is 264 g/mol. The van der Waals surface area contributed by atoms with E-state index in [2.05, 4.69) is 4.74 Å². The van der Waals surface area contributed by atoms with Crippen LogP contribution in [-0.4, -0.2) is 57.3 Å². The highest BCUT2D eigenvalue weighted by Crippen LogP contribution is 2.05. The summed E-state index contributed by atoms with van der Waals surface area (Å²) in [6.45, 7) is 1.85. The van der Waals surface area contributed by atoms with E-state index >= 15 is 0 Å². The predicted molar refractivity (Wildman–Crippen MR) is 60.8 cm³/mol. The molecule has 0 aromatic heterocycles. The number of carboxylic acid groups (broad SMARTS) is 1. The second kappa shape index (κ2) is 8.84. The molecule has 0 radical (unpaired) electrons. The Morgan fingerprint density at radius 2 is 1.72 bits per heavy atom. The van der Waals surface area contributed by atoms with E-state index in [1.807, 2.05) is 6.92 Å². The number of unbranched alkanes of at least 4 members (excludes halogenated alkanes) is 1. The van der Waals surface area contributed by atoms with Crippen molar-refractivity contribution in [3.05, 3.63) is 0 Å². The zero-order valence-corrected chi connectivity index (χ0v) is 10.3. The lowest BCUT2D eigenvalue weighted by atomic mass is 10.1. The summed E-state index contributed by atoms with van der Waals surface area (Å²) in [5.74, 6) is -2.92. The number of hydrogen-bond donors (Lipinski definition) is 4. The van der Waals surface area contributed by atoms with E-state index in [0.29, 0.717) is 6.42 Å². The van der Waals surface area contributed by atoms with Gasteiger partial charge in [-0.15, -0.1) is 0 Å². The molecule has 0 rings (SSSR count). The van der Waals surface area contributed by atoms with Gasteiger partial charge in [0.05, 0.1) is 12.7 Å². The molecule has 4 N–H and O–H groups in total. The molecule has 0 fully saturated rings. The zero-order valence-electron chi connectivity index (χ0n) is 10.3. The molecule has 0 aliphatic heterocycles. The van der Waals surface area contributed by atoms with Crippen molar-refractivity contribution in [2.45, 2.75) is 50.9 Å². The first-order chi connectivity index (χ1) is 8.40. The molecule has 0 aromatic rings. The molecular weight excluding hydrogens is 244 g/mol. The molecular formula is C11H20O7. The Labute approximate surface area is 105 Å². The third-order valence-electron chi connectivity index (χ3n) is 2.38. The van der Waals surface area contributed by atoms with Crippen LogP contribution in [0.5, 0.6) is 0 Å². The van der Waals surface area contributed by atoms with Crippen LogP contribution in [0.15, 0.2) is 0 Å². The molecule has 0 heterocycles. The van der Waals surface area contributed by atoms with Crippen molar-refractivity contribution in [1.29, 1.82) is 0 Å². The van der Waals surface area contributed by atoms with Crippen LogP contribution in [0.1, 0.15) is 32.6 Å². The summed E-state index contributed by atoms with van der Waals surface area (Å²) in [6.07, 6.45) is -2.32. The molecule has 7 heteroatoms. The van der Waals surface area contributed by atoms with Crippen LogP contribution in [0.4, 0.5) is 0 Å². The Morgan fingerprint density at radius 3 is 2.22 bits per heavy atom. The Bertz CT molecular complexity index is 266. The Hall–Kier alpha value is -1.18. The number of ether oxygens (including phenoxy) is 1. The number of carbonyl (C=O) groups is 2. The van der Waals surface area contributed by atoms with E-state index in [0.717, 1.165) is 12.8 Å². The number of aliphatic hydroxyl groups is 3. The lowest BCUT2D eigenvalue weighted by Crippen LogP contribution is -2.40. The highest BCUT2D eigenvalue weighted by molar-refractivity contribution is 5.84. The maximum Gasteiger partial charge on any atom is 0.338 e. The maximum atomic E-state index is 11.1. The van der Waals surface area contributed by atoms with Crippen molar-refractivity contribution in [1.82, 2.24) is 0 Å². The fraction of sp³-hybridized carbons (Fsp3) is 0.818. The first-order valence-corrected chi connectivity index (χ1v) is 5.83. The third-order valence-corrected chi connectivity index (χ3v) is 2.38. The number of aliphatic carboxylic acids is 1. The Kier molecular flexibility index (Phi) is 8.27. The SMILES string of the molecule is CCCCC(O)CCOC(=O)C(O)C(O)C(=O)O. The molecule has 18 heavy (non-hydrogen) atoms. The van der Waals surface area contributed by atoms with Gasteiger partial charge < -0.3 is 25.2 Å². The molecule has 0 saturated carbocycles. The minimum absolute atomic E-state index is 0.132. The fourth-order valence-corrected chi connectivity index (χ4v) is 1.23. The van der Waals surface area contributed by atoms with Crippen LogP contribution >= 0.6 is 0 Å². The number of rotatable bonds is 9. The van der Waals surface area contributed by atoms with Crippen LogP contribution < -0.4 is 0 Å². The summed E-state index contributed by atoms with van der Waals surface area (Å²) >= 11 is 0. The molecule has 0 aliphatic carbocycles. The smallest absolute Gasteiger partial charge is 0.338 e. The monoisotopic (exact) mass is 264 g/mol. The van der Waals surface area contributed by atoms with E-state index in [9.17, 15) is 14.7 Å². The van der Waals surface area contributed by atoms with Crippen molar-refractivity contribution in [3.63, 3.8) is 0 Å². The third kappa shape index (κ3) is 6.53. The molecule has 0 saturated heterocycles. The predicted octanol–water partition coefficient (Wildman–Crippen LogP) is -0.723. The Morgan fingerprint density at radius 1 is 1.11 bits per heavy atom. The molecule has 0 aromatic carbocycles. The van der Waals surface area contributed by atoms with Crippen molar-refractivity contribution in [3.8, 4) is 0 Å². The summed E-state index contributed by atoms with van der Waals surface area (Å²) in [5.41, 5.74) is 0. The number of carbonyl (C=O) groups excluding carboxylic acids is 1. The van der Waals surface area contributed by atoms with Crippen molar-refractivity contribution >= 4 is 11.9 Å². The van der Waals surface area contributed by atoms with Gasteiger partial charge in [-0.25, -0.2) is 9.59 Å². The van der Waals surface area contributed by atoms with Gasteiger partial charge in [-0.2, -0.15) is 0 Å². The van der Waals surface area contributed by atoms with Crippen molar-refractivity contribution in [2.75, 3.05) is 6.61 Å². The summed E-state index contributed by atoms with van der Waals surface area (Å²) in [5, 5.41) is 35.8. The molecule has 106 valence electrons. The minimum atomic E-state index is -2.21. The van der Waals surface area contributed by atoms with E-state index in [4.69, 9.17) is 15.3 Å². The largest absolute Gasteiger partial charge is 0.479 e. The van der Waals surface area contributed by atoms with Crippen LogP contribution in [0.3, 0.4) is 0 Å². The van der Waals surface area contributed by atoms with Gasteiger partial charge in [-0.05, 0) is 6.42 Å². The molecule has 0 bridgehead atoms. The van der Waals surface area contributed by atoms with Gasteiger partial charge in [-0.1, -0.05) is 19.8 Å². The molecule has 7 nitrogen and oxygen atoms in total. The van der Waals surface area contributed by atoms with E-state index in [1.54, 1.807) is 0 Å². The van der Waals surface area contributed by atoms with Gasteiger partial charge in [-0.3, -0.25) is 0 Å². The maximum absolute atomic E-state index is 11.1. The summed E-state index contributed by atoms with van der Waals surface area (Å²) in [7, 11) is 0. The normalized spacial score (nSPS) is 15.8. The van der Waals surface area contributed by atoms with Gasteiger partial charge in [0.15, 0.2) is 12.2 Å². The van der Waals surface area contributed by atoms with Gasteiger partial charge in [0.1, 0.15) is 0 Å². The van der Waals surface area contributed by atoms with E-state index < -0.39 is 30.3 Å². The van der Waals surface area contributed by atoms with Crippen LogP contribution in [-0.2, 0) is 14.3 Å². The lowest BCUT2D eigenvalue weighted by Gasteiger charge is -2.14. The van der Waals surface area contributed by atoms with Crippen molar-refractivity contribution < 1.29 is 34.8 Å². The molecule has 0 spiro atoms. The topological polar surface area (TPSA) is 124 Å². The quantitative estimate of drug-likeness (QED) is 0.405. The first-order valence-electron chi connectivity index (χ1n) is 5.83. The van der Waals surface area contributed by atoms with E-state index in [-0.39, 0.29) is 13.0 Å². The van der Waals surface area contributed by atoms with Crippen LogP contribution in [0.2, 0.25) is 0 Å². The zero-order chi connectivity index (χ0) is 14.1. The molecule has 3 atom stereocenters. The summed E-state index contributed by atoms with van der Waals surface area (Å²) < 4.78 is 4.55. The number of aliphatic hydroxyl groups excluding tert-OH is 3. The fourth-order valence-electron chi connectivity index (χ4n) is 1.23. The number of esters is 1. The second-order valence-corrected chi connectivity index (χ2v) is 3.98. The van der Waals surface area contributed by atoms with Crippen LogP contribution in [0, 0.1) is 0 Å². The molecule has 0 aliphatic rings. The molecule has 0 amide bonds. The summed E-state index contributed by atoms with van der Waals surface area (Å²) in [4.78, 5) is 21.4. The highest BCUT2D eigenvalue weighted by Gasteiger charge is 2.31. The summed E-state index contributed by atoms with van der Waals surface area (Å²) in [6, 6.07) is 0. The first kappa shape index (κ1) is 16.8. The minimum Gasteiger partial charge on any atom is -0.479 e. The van der Waals surface area contributed by atoms with E-state index in [1.165, 1.54) is 0 Å². The van der Waals surface area contributed by atoms with Crippen molar-refractivity contribution in [2.24, 2.45) is 0 Å². The lowest BCUT2D eigenvalue weighted by molar-refractivity contribution is -0.170. The van der Waals surface area contributed by atoms with Gasteiger partial charge >= 0.3 is 11.9 Å². The number of carboxylic acids is 1. The molecule has 3 unspecified atom stereocenters. The Balaban J connectivity index is 3.86. The second-order valence-electron chi connectivity index (χ2n) is 3.98. The standard InChI is InChI=1S/C11H20O7/c1-2-3-4-7(12)5-6-18-11(17)9(14)8(13)10(15)16/h7-9,12-14H,2-6H2,1H3,(H,15,16).